The number of para-hydroxylation sites is 1. The Morgan fingerprint density at radius 2 is 1.17 bits per heavy atom. The van der Waals surface area contributed by atoms with Crippen LogP contribution < -0.4 is 0 Å². The average Bonchev–Trinajstić information content (AvgIpc) is 3.39. The van der Waals surface area contributed by atoms with Gasteiger partial charge in [0, 0.05) is 21.9 Å². The van der Waals surface area contributed by atoms with Gasteiger partial charge in [-0.05, 0) is 52.6 Å². The minimum absolute atomic E-state index is 0.177. The zero-order chi connectivity index (χ0) is 24.3. The van der Waals surface area contributed by atoms with Gasteiger partial charge >= 0.3 is 0 Å². The van der Waals surface area contributed by atoms with Crippen molar-refractivity contribution in [3.63, 3.8) is 0 Å². The first-order chi connectivity index (χ1) is 17.6. The van der Waals surface area contributed by atoms with Crippen molar-refractivity contribution in [3.05, 3.63) is 132 Å². The van der Waals surface area contributed by atoms with Crippen LogP contribution in [0.1, 0.15) is 25.0 Å². The number of aliphatic imine (C=N–C) groups is 1. The monoisotopic (exact) mass is 462 g/mol. The summed E-state index contributed by atoms with van der Waals surface area (Å²) in [6, 6.07) is 43.4. The molecule has 0 fully saturated rings. The van der Waals surface area contributed by atoms with Crippen LogP contribution in [0.25, 0.3) is 38.6 Å². The Bertz CT molecular complexity index is 1770. The van der Waals surface area contributed by atoms with Gasteiger partial charge in [-0.15, -0.1) is 0 Å². The molecular formula is C34H26N2. The summed E-state index contributed by atoms with van der Waals surface area (Å²) in [6.07, 6.45) is 0. The van der Waals surface area contributed by atoms with Crippen LogP contribution in [0, 0.1) is 0 Å². The van der Waals surface area contributed by atoms with Gasteiger partial charge in [-0.2, -0.15) is 0 Å². The quantitative estimate of drug-likeness (QED) is 0.250. The Balaban J connectivity index is 1.44. The smallest absolute Gasteiger partial charge is 0.0682 e. The summed E-state index contributed by atoms with van der Waals surface area (Å²) in [6.45, 7) is 4.58. The molecule has 0 aliphatic carbocycles. The lowest BCUT2D eigenvalue weighted by atomic mass is 9.79. The molecule has 6 aromatic rings. The molecule has 1 aromatic heterocycles. The first kappa shape index (κ1) is 20.9. The predicted octanol–water partition coefficient (Wildman–Crippen LogP) is 8.86. The highest BCUT2D eigenvalue weighted by Crippen LogP contribution is 2.46. The molecule has 2 heterocycles. The van der Waals surface area contributed by atoms with Crippen LogP contribution in [0.3, 0.4) is 0 Å². The Morgan fingerprint density at radius 3 is 1.89 bits per heavy atom. The summed E-state index contributed by atoms with van der Waals surface area (Å²) in [5.41, 5.74) is 10.6. The van der Waals surface area contributed by atoms with Crippen LogP contribution in [0.4, 0.5) is 5.69 Å². The molecule has 0 saturated carbocycles. The first-order valence-electron chi connectivity index (χ1n) is 12.5. The lowest BCUT2D eigenvalue weighted by Crippen LogP contribution is -2.26. The maximum absolute atomic E-state index is 5.17. The van der Waals surface area contributed by atoms with Gasteiger partial charge in [-0.3, -0.25) is 4.99 Å². The molecule has 0 N–H and O–H groups in total. The van der Waals surface area contributed by atoms with Crippen molar-refractivity contribution in [1.82, 2.24) is 4.57 Å². The minimum Gasteiger partial charge on any atom is -0.309 e. The SMILES string of the molecule is CC1(C)C(c2ccccc2)=Nc2cc3c4ccccc4n(-c4ccc(-c5ccccc5)cc4)c3cc21. The van der Waals surface area contributed by atoms with Crippen LogP contribution in [-0.2, 0) is 5.41 Å². The van der Waals surface area contributed by atoms with E-state index in [2.05, 4.69) is 140 Å². The van der Waals surface area contributed by atoms with Crippen molar-refractivity contribution >= 4 is 33.2 Å². The van der Waals surface area contributed by atoms with Crippen LogP contribution >= 0.6 is 0 Å². The minimum atomic E-state index is -0.177. The molecule has 0 radical (unpaired) electrons. The van der Waals surface area contributed by atoms with E-state index in [0.29, 0.717) is 0 Å². The second-order valence-electron chi connectivity index (χ2n) is 10.1. The molecule has 36 heavy (non-hydrogen) atoms. The zero-order valence-electron chi connectivity index (χ0n) is 20.4. The van der Waals surface area contributed by atoms with Gasteiger partial charge in [0.15, 0.2) is 0 Å². The van der Waals surface area contributed by atoms with Crippen LogP contribution in [-0.4, -0.2) is 10.3 Å². The summed E-state index contributed by atoms with van der Waals surface area (Å²) in [4.78, 5) is 5.17. The van der Waals surface area contributed by atoms with Crippen molar-refractivity contribution in [2.75, 3.05) is 0 Å². The molecule has 0 spiro atoms. The summed E-state index contributed by atoms with van der Waals surface area (Å²) in [5, 5.41) is 2.49. The summed E-state index contributed by atoms with van der Waals surface area (Å²) in [7, 11) is 0. The van der Waals surface area contributed by atoms with E-state index in [1.807, 2.05) is 0 Å². The standard InChI is InChI=1S/C34H26N2/c1-34(2)29-22-32-28(21-30(29)35-33(34)25-13-7-4-8-14-25)27-15-9-10-16-31(27)36(32)26-19-17-24(18-20-26)23-11-5-3-6-12-23/h3-22H,1-2H3. The van der Waals surface area contributed by atoms with Gasteiger partial charge in [0.2, 0.25) is 0 Å². The fraction of sp³-hybridized carbons (Fsp3) is 0.0882. The number of benzene rings is 5. The largest absolute Gasteiger partial charge is 0.309 e. The normalized spacial score (nSPS) is 14.2. The van der Waals surface area contributed by atoms with E-state index < -0.39 is 0 Å². The third kappa shape index (κ3) is 3.08. The summed E-state index contributed by atoms with van der Waals surface area (Å²) in [5.74, 6) is 0. The van der Waals surface area contributed by atoms with E-state index >= 15 is 0 Å². The number of nitrogens with zero attached hydrogens (tertiary/aromatic N) is 2. The number of rotatable bonds is 3. The number of fused-ring (bicyclic) bond motifs is 4. The Hall–Kier alpha value is -4.43. The molecule has 7 rings (SSSR count). The Labute approximate surface area is 211 Å². The van der Waals surface area contributed by atoms with Crippen LogP contribution in [0.5, 0.6) is 0 Å². The van der Waals surface area contributed by atoms with Gasteiger partial charge in [0.1, 0.15) is 0 Å². The molecule has 172 valence electrons. The van der Waals surface area contributed by atoms with E-state index in [-0.39, 0.29) is 5.41 Å². The molecule has 1 aliphatic rings. The molecule has 1 aliphatic heterocycles. The van der Waals surface area contributed by atoms with Gasteiger partial charge in [0.05, 0.1) is 22.4 Å². The molecule has 0 bridgehead atoms. The van der Waals surface area contributed by atoms with Gasteiger partial charge in [-0.25, -0.2) is 0 Å². The summed E-state index contributed by atoms with van der Waals surface area (Å²) >= 11 is 0. The lowest BCUT2D eigenvalue weighted by molar-refractivity contribution is 0.738. The third-order valence-electron chi connectivity index (χ3n) is 7.57. The second-order valence-corrected chi connectivity index (χ2v) is 10.1. The molecule has 0 atom stereocenters. The van der Waals surface area contributed by atoms with Crippen molar-refractivity contribution in [2.24, 2.45) is 4.99 Å². The topological polar surface area (TPSA) is 17.3 Å². The highest BCUT2D eigenvalue weighted by molar-refractivity contribution is 6.16. The Morgan fingerprint density at radius 1 is 0.556 bits per heavy atom. The Kier molecular flexibility index (Phi) is 4.52. The van der Waals surface area contributed by atoms with E-state index in [0.717, 1.165) is 11.4 Å². The van der Waals surface area contributed by atoms with Crippen LogP contribution in [0.2, 0.25) is 0 Å². The molecule has 2 heteroatoms. The van der Waals surface area contributed by atoms with E-state index in [1.165, 1.54) is 49.7 Å². The highest BCUT2D eigenvalue weighted by atomic mass is 15.0. The van der Waals surface area contributed by atoms with Gasteiger partial charge < -0.3 is 4.57 Å². The number of hydrogen-bond acceptors (Lipinski definition) is 1. The van der Waals surface area contributed by atoms with E-state index in [4.69, 9.17) is 4.99 Å². The zero-order valence-corrected chi connectivity index (χ0v) is 20.4. The lowest BCUT2D eigenvalue weighted by Gasteiger charge is -2.23. The predicted molar refractivity (Wildman–Crippen MR) is 152 cm³/mol. The molecule has 0 amide bonds. The van der Waals surface area contributed by atoms with E-state index in [9.17, 15) is 0 Å². The molecule has 2 nitrogen and oxygen atoms in total. The van der Waals surface area contributed by atoms with Crippen LogP contribution in [0.15, 0.2) is 126 Å². The average molecular weight is 463 g/mol. The fourth-order valence-corrected chi connectivity index (χ4v) is 5.72. The molecule has 5 aromatic carbocycles. The highest BCUT2D eigenvalue weighted by Gasteiger charge is 2.36. The molecular weight excluding hydrogens is 436 g/mol. The fourth-order valence-electron chi connectivity index (χ4n) is 5.72. The van der Waals surface area contributed by atoms with Gasteiger partial charge in [-0.1, -0.05) is 105 Å². The van der Waals surface area contributed by atoms with E-state index in [1.54, 1.807) is 0 Å². The van der Waals surface area contributed by atoms with Crippen molar-refractivity contribution < 1.29 is 0 Å². The van der Waals surface area contributed by atoms with Crippen molar-refractivity contribution in [2.45, 2.75) is 19.3 Å². The second kappa shape index (κ2) is 7.79. The maximum Gasteiger partial charge on any atom is 0.0682 e. The number of aromatic nitrogens is 1. The van der Waals surface area contributed by atoms with Crippen molar-refractivity contribution in [1.29, 1.82) is 0 Å². The third-order valence-corrected chi connectivity index (χ3v) is 7.57. The molecule has 0 saturated heterocycles. The maximum atomic E-state index is 5.17. The first-order valence-corrected chi connectivity index (χ1v) is 12.5. The summed E-state index contributed by atoms with van der Waals surface area (Å²) < 4.78 is 2.40. The molecule has 0 unspecified atom stereocenters. The van der Waals surface area contributed by atoms with Gasteiger partial charge in [0.25, 0.3) is 0 Å². The van der Waals surface area contributed by atoms with Crippen molar-refractivity contribution in [3.8, 4) is 16.8 Å². The number of hydrogen-bond donors (Lipinski definition) is 0.